The predicted molar refractivity (Wildman–Crippen MR) is 311 cm³/mol. The van der Waals surface area contributed by atoms with E-state index >= 15 is 0 Å². The van der Waals surface area contributed by atoms with Gasteiger partial charge in [0.25, 0.3) is 0 Å². The zero-order chi connectivity index (χ0) is 52.2. The molecule has 0 rings (SSSR count). The van der Waals surface area contributed by atoms with Gasteiger partial charge in [0.05, 0.1) is 0 Å². The molecule has 0 fully saturated rings. The lowest BCUT2D eigenvalue weighted by Gasteiger charge is -2.18. The van der Waals surface area contributed by atoms with Crippen molar-refractivity contribution >= 4 is 17.9 Å². The summed E-state index contributed by atoms with van der Waals surface area (Å²) in [6, 6.07) is 0. The maximum absolute atomic E-state index is 12.9. The zero-order valence-electron chi connectivity index (χ0n) is 47.2. The van der Waals surface area contributed by atoms with E-state index in [9.17, 15) is 14.4 Å². The Hall–Kier alpha value is -3.67. The van der Waals surface area contributed by atoms with Gasteiger partial charge in [0.15, 0.2) is 6.10 Å². The summed E-state index contributed by atoms with van der Waals surface area (Å²) < 4.78 is 16.8. The van der Waals surface area contributed by atoms with Crippen molar-refractivity contribution in [2.45, 2.75) is 290 Å². The standard InChI is InChI=1S/C66H112O6/c1-4-7-10-13-16-19-22-25-27-28-29-30-31-32-33-34-35-36-37-38-40-41-44-47-50-53-56-59-65(68)71-62-63(61-70-64(67)58-55-52-49-46-43-24-21-18-15-12-9-6-3)72-66(69)60-57-54-51-48-45-42-39-26-23-20-17-14-11-8-5-2/h7,10,16,19,25,27,29-30,32-33,35-36,38,40,44,47,63H,4-6,8-9,11-15,17-18,20-24,26,28,31,34,37,39,41-43,45-46,48-62H2,1-3H3/b10-7-,19-16-,27-25-,30-29-,33-32-,36-35-,40-38-,47-44-. The van der Waals surface area contributed by atoms with Crippen LogP contribution in [0.3, 0.4) is 0 Å². The number of carbonyl (C=O) groups is 3. The van der Waals surface area contributed by atoms with E-state index in [1.807, 2.05) is 0 Å². The molecule has 72 heavy (non-hydrogen) atoms. The van der Waals surface area contributed by atoms with Crippen LogP contribution in [0.25, 0.3) is 0 Å². The lowest BCUT2D eigenvalue weighted by molar-refractivity contribution is -0.167. The third kappa shape index (κ3) is 57.2. The van der Waals surface area contributed by atoms with Crippen molar-refractivity contribution in [1.82, 2.24) is 0 Å². The highest BCUT2D eigenvalue weighted by molar-refractivity contribution is 5.71. The second kappa shape index (κ2) is 59.9. The van der Waals surface area contributed by atoms with Gasteiger partial charge in [0.2, 0.25) is 0 Å². The van der Waals surface area contributed by atoms with Crippen molar-refractivity contribution in [2.24, 2.45) is 0 Å². The monoisotopic (exact) mass is 1000 g/mol. The maximum Gasteiger partial charge on any atom is 0.306 e. The summed E-state index contributed by atoms with van der Waals surface area (Å²) in [6.45, 7) is 6.51. The van der Waals surface area contributed by atoms with Gasteiger partial charge >= 0.3 is 17.9 Å². The number of carbonyl (C=O) groups excluding carboxylic acids is 3. The third-order valence-corrected chi connectivity index (χ3v) is 12.9. The molecule has 0 heterocycles. The Morgan fingerprint density at radius 3 is 0.847 bits per heavy atom. The number of unbranched alkanes of at least 4 members (excludes halogenated alkanes) is 27. The molecule has 6 heteroatoms. The van der Waals surface area contributed by atoms with E-state index in [0.29, 0.717) is 19.3 Å². The van der Waals surface area contributed by atoms with Crippen LogP contribution in [0, 0.1) is 0 Å². The summed E-state index contributed by atoms with van der Waals surface area (Å²) in [4.78, 5) is 38.2. The van der Waals surface area contributed by atoms with Gasteiger partial charge < -0.3 is 14.2 Å². The van der Waals surface area contributed by atoms with E-state index in [0.717, 1.165) is 109 Å². The Kier molecular flexibility index (Phi) is 56.8. The molecule has 1 unspecified atom stereocenters. The fourth-order valence-corrected chi connectivity index (χ4v) is 8.34. The molecule has 0 aliphatic rings. The van der Waals surface area contributed by atoms with Gasteiger partial charge in [-0.15, -0.1) is 0 Å². The van der Waals surface area contributed by atoms with Crippen LogP contribution in [0.4, 0.5) is 0 Å². The average Bonchev–Trinajstić information content (AvgIpc) is 3.38. The highest BCUT2D eigenvalue weighted by atomic mass is 16.6. The molecule has 412 valence electrons. The van der Waals surface area contributed by atoms with Gasteiger partial charge in [-0.05, 0) is 83.5 Å². The van der Waals surface area contributed by atoms with E-state index < -0.39 is 6.10 Å². The smallest absolute Gasteiger partial charge is 0.306 e. The molecule has 0 aliphatic heterocycles. The zero-order valence-corrected chi connectivity index (χ0v) is 47.2. The Bertz CT molecular complexity index is 1430. The molecule has 0 aliphatic carbocycles. The molecule has 0 radical (unpaired) electrons. The summed E-state index contributed by atoms with van der Waals surface area (Å²) in [5, 5.41) is 0. The minimum absolute atomic E-state index is 0.0877. The van der Waals surface area contributed by atoms with E-state index in [4.69, 9.17) is 14.2 Å². The highest BCUT2D eigenvalue weighted by Crippen LogP contribution is 2.16. The first-order chi connectivity index (χ1) is 35.5. The van der Waals surface area contributed by atoms with E-state index in [2.05, 4.69) is 118 Å². The van der Waals surface area contributed by atoms with E-state index in [1.54, 1.807) is 0 Å². The Morgan fingerprint density at radius 2 is 0.542 bits per heavy atom. The van der Waals surface area contributed by atoms with Gasteiger partial charge in [-0.25, -0.2) is 0 Å². The molecular weight excluding hydrogens is 889 g/mol. The van der Waals surface area contributed by atoms with Crippen LogP contribution in [0.15, 0.2) is 97.2 Å². The van der Waals surface area contributed by atoms with Crippen molar-refractivity contribution in [3.05, 3.63) is 97.2 Å². The molecule has 0 saturated carbocycles. The molecule has 1 atom stereocenters. The van der Waals surface area contributed by atoms with Gasteiger partial charge in [0, 0.05) is 19.3 Å². The lowest BCUT2D eigenvalue weighted by Crippen LogP contribution is -2.30. The number of hydrogen-bond donors (Lipinski definition) is 0. The number of esters is 3. The summed E-state index contributed by atoms with van der Waals surface area (Å²) in [5.41, 5.74) is 0. The Labute approximate surface area is 445 Å². The van der Waals surface area contributed by atoms with Gasteiger partial charge in [-0.1, -0.05) is 279 Å². The van der Waals surface area contributed by atoms with Crippen LogP contribution in [-0.4, -0.2) is 37.2 Å². The summed E-state index contributed by atoms with van der Waals surface area (Å²) in [5.74, 6) is -0.925. The average molecular weight is 1000 g/mol. The van der Waals surface area contributed by atoms with Crippen LogP contribution in [0.2, 0.25) is 0 Å². The molecule has 6 nitrogen and oxygen atoms in total. The van der Waals surface area contributed by atoms with Crippen LogP contribution >= 0.6 is 0 Å². The van der Waals surface area contributed by atoms with E-state index in [-0.39, 0.29) is 31.1 Å². The number of ether oxygens (including phenoxy) is 3. The first-order valence-corrected chi connectivity index (χ1v) is 30.2. The predicted octanol–water partition coefficient (Wildman–Crippen LogP) is 20.5. The molecule has 0 spiro atoms. The fraction of sp³-hybridized carbons (Fsp3) is 0.712. The minimum Gasteiger partial charge on any atom is -0.462 e. The molecule has 0 bridgehead atoms. The third-order valence-electron chi connectivity index (χ3n) is 12.9. The van der Waals surface area contributed by atoms with Crippen LogP contribution in [0.1, 0.15) is 284 Å². The second-order valence-electron chi connectivity index (χ2n) is 19.9. The summed E-state index contributed by atoms with van der Waals surface area (Å²) in [6.07, 6.45) is 79.8. The molecule has 0 N–H and O–H groups in total. The van der Waals surface area contributed by atoms with Crippen molar-refractivity contribution in [3.63, 3.8) is 0 Å². The topological polar surface area (TPSA) is 78.9 Å². The fourth-order valence-electron chi connectivity index (χ4n) is 8.34. The maximum atomic E-state index is 12.9. The molecule has 0 aromatic rings. The molecule has 0 amide bonds. The molecule has 0 aromatic heterocycles. The van der Waals surface area contributed by atoms with Crippen LogP contribution in [0.5, 0.6) is 0 Å². The second-order valence-corrected chi connectivity index (χ2v) is 19.9. The van der Waals surface area contributed by atoms with Crippen molar-refractivity contribution < 1.29 is 28.6 Å². The molecular formula is C66H112O6. The van der Waals surface area contributed by atoms with Gasteiger partial charge in [-0.3, -0.25) is 14.4 Å². The number of hydrogen-bond acceptors (Lipinski definition) is 6. The van der Waals surface area contributed by atoms with Crippen molar-refractivity contribution in [2.75, 3.05) is 13.2 Å². The van der Waals surface area contributed by atoms with Crippen molar-refractivity contribution in [1.29, 1.82) is 0 Å². The van der Waals surface area contributed by atoms with Crippen LogP contribution < -0.4 is 0 Å². The normalized spacial score (nSPS) is 12.8. The van der Waals surface area contributed by atoms with E-state index in [1.165, 1.54) is 135 Å². The lowest BCUT2D eigenvalue weighted by atomic mass is 10.0. The number of rotatable bonds is 54. The quantitative estimate of drug-likeness (QED) is 0.0261. The molecule has 0 aromatic carbocycles. The SMILES string of the molecule is CC/C=C\C/C=C\C/C=C\C/C=C\C/C=C\C/C=C\C/C=C\C/C=C\CCCCC(=O)OCC(COC(=O)CCCCCCCCCCCCCC)OC(=O)CCCCCCCCCCCCCCCCC. The van der Waals surface area contributed by atoms with Gasteiger partial charge in [-0.2, -0.15) is 0 Å². The molecule has 0 saturated heterocycles. The largest absolute Gasteiger partial charge is 0.462 e. The Balaban J connectivity index is 4.38. The van der Waals surface area contributed by atoms with Crippen LogP contribution in [-0.2, 0) is 28.6 Å². The summed E-state index contributed by atoms with van der Waals surface area (Å²) in [7, 11) is 0. The van der Waals surface area contributed by atoms with Crippen molar-refractivity contribution in [3.8, 4) is 0 Å². The first-order valence-electron chi connectivity index (χ1n) is 30.2. The summed E-state index contributed by atoms with van der Waals surface area (Å²) >= 11 is 0. The minimum atomic E-state index is -0.793. The highest BCUT2D eigenvalue weighted by Gasteiger charge is 2.19. The van der Waals surface area contributed by atoms with Gasteiger partial charge in [0.1, 0.15) is 13.2 Å². The number of allylic oxidation sites excluding steroid dienone is 16. The first kappa shape index (κ1) is 68.3. The Morgan fingerprint density at radius 1 is 0.292 bits per heavy atom.